The van der Waals surface area contributed by atoms with Crippen LogP contribution in [-0.4, -0.2) is 16.6 Å². The predicted octanol–water partition coefficient (Wildman–Crippen LogP) is 3.64. The molecule has 0 saturated carbocycles. The zero-order valence-electron chi connectivity index (χ0n) is 13.0. The Labute approximate surface area is 135 Å². The molecule has 0 radical (unpaired) electrons. The zero-order chi connectivity index (χ0) is 16.1. The van der Waals surface area contributed by atoms with Gasteiger partial charge < -0.3 is 4.98 Å². The number of hydrogen-bond acceptors (Lipinski definition) is 2. The molecule has 4 nitrogen and oxygen atoms in total. The summed E-state index contributed by atoms with van der Waals surface area (Å²) in [7, 11) is 0. The Morgan fingerprint density at radius 1 is 1.09 bits per heavy atom. The lowest BCUT2D eigenvalue weighted by Gasteiger charge is -2.03. The van der Waals surface area contributed by atoms with Crippen molar-refractivity contribution < 1.29 is 4.79 Å². The van der Waals surface area contributed by atoms with Gasteiger partial charge in [-0.3, -0.25) is 4.79 Å². The molecular weight excluding hydrogens is 286 g/mol. The fraction of sp³-hybridized carbons (Fsp3) is 0.158. The number of fused-ring (bicyclic) bond motifs is 1. The van der Waals surface area contributed by atoms with Crippen molar-refractivity contribution in [3.8, 4) is 0 Å². The molecule has 0 saturated heterocycles. The number of H-pyrrole nitrogens is 1. The van der Waals surface area contributed by atoms with Crippen LogP contribution < -0.4 is 5.43 Å². The summed E-state index contributed by atoms with van der Waals surface area (Å²) in [5.74, 6) is -0.0782. The van der Waals surface area contributed by atoms with E-state index in [2.05, 4.69) is 21.6 Å². The molecule has 0 spiro atoms. The highest BCUT2D eigenvalue weighted by Gasteiger charge is 2.06. The SMILES string of the molecule is CC(=NNC(=O)CCc1c[nH]c2ccccc12)c1ccccc1. The fourth-order valence-corrected chi connectivity index (χ4v) is 2.53. The molecule has 0 unspecified atom stereocenters. The lowest BCUT2D eigenvalue weighted by atomic mass is 10.1. The van der Waals surface area contributed by atoms with Crippen LogP contribution in [0.2, 0.25) is 0 Å². The van der Waals surface area contributed by atoms with Gasteiger partial charge in [-0.25, -0.2) is 5.43 Å². The number of nitrogens with zero attached hydrogens (tertiary/aromatic N) is 1. The van der Waals surface area contributed by atoms with Crippen molar-refractivity contribution >= 4 is 22.5 Å². The zero-order valence-corrected chi connectivity index (χ0v) is 13.0. The number of aryl methyl sites for hydroxylation is 1. The maximum Gasteiger partial charge on any atom is 0.240 e. The highest BCUT2D eigenvalue weighted by atomic mass is 16.2. The molecule has 0 bridgehead atoms. The third-order valence-electron chi connectivity index (χ3n) is 3.84. The number of nitrogens with one attached hydrogen (secondary N) is 2. The van der Waals surface area contributed by atoms with Crippen molar-refractivity contribution in [2.45, 2.75) is 19.8 Å². The van der Waals surface area contributed by atoms with Gasteiger partial charge in [-0.2, -0.15) is 5.10 Å². The number of para-hydroxylation sites is 1. The maximum atomic E-state index is 12.0. The standard InChI is InChI=1S/C19H19N3O/c1-14(15-7-3-2-4-8-15)21-22-19(23)12-11-16-13-20-18-10-6-5-9-17(16)18/h2-10,13,20H,11-12H2,1H3,(H,22,23). The van der Waals surface area contributed by atoms with Crippen LogP contribution >= 0.6 is 0 Å². The third-order valence-corrected chi connectivity index (χ3v) is 3.84. The molecule has 0 aliphatic heterocycles. The van der Waals surface area contributed by atoms with E-state index in [1.807, 2.05) is 61.7 Å². The van der Waals surface area contributed by atoms with Crippen molar-refractivity contribution in [3.05, 3.63) is 71.9 Å². The van der Waals surface area contributed by atoms with E-state index in [-0.39, 0.29) is 5.91 Å². The van der Waals surface area contributed by atoms with Crippen molar-refractivity contribution in [3.63, 3.8) is 0 Å². The number of amides is 1. The summed E-state index contributed by atoms with van der Waals surface area (Å²) in [5.41, 5.74) is 6.68. The lowest BCUT2D eigenvalue weighted by Crippen LogP contribution is -2.19. The van der Waals surface area contributed by atoms with E-state index in [0.29, 0.717) is 12.8 Å². The Hall–Kier alpha value is -2.88. The number of carbonyl (C=O) groups is 1. The van der Waals surface area contributed by atoms with Crippen LogP contribution in [-0.2, 0) is 11.2 Å². The first-order valence-electron chi connectivity index (χ1n) is 7.67. The number of hydrazone groups is 1. The van der Waals surface area contributed by atoms with E-state index in [1.54, 1.807) is 0 Å². The topological polar surface area (TPSA) is 57.2 Å². The summed E-state index contributed by atoms with van der Waals surface area (Å²) in [5, 5.41) is 5.34. The molecule has 3 rings (SSSR count). The van der Waals surface area contributed by atoms with Crippen molar-refractivity contribution in [1.82, 2.24) is 10.4 Å². The van der Waals surface area contributed by atoms with Crippen LogP contribution in [0.15, 0.2) is 65.9 Å². The Kier molecular flexibility index (Phi) is 4.52. The fourth-order valence-electron chi connectivity index (χ4n) is 2.53. The molecule has 0 aliphatic carbocycles. The number of carbonyl (C=O) groups excluding carboxylic acids is 1. The van der Waals surface area contributed by atoms with Crippen LogP contribution in [0.4, 0.5) is 0 Å². The average Bonchev–Trinajstić information content (AvgIpc) is 3.02. The minimum atomic E-state index is -0.0782. The smallest absolute Gasteiger partial charge is 0.240 e. The molecule has 2 N–H and O–H groups in total. The van der Waals surface area contributed by atoms with E-state index in [4.69, 9.17) is 0 Å². The van der Waals surface area contributed by atoms with Crippen molar-refractivity contribution in [2.75, 3.05) is 0 Å². The van der Waals surface area contributed by atoms with Crippen LogP contribution in [0.3, 0.4) is 0 Å². The quantitative estimate of drug-likeness (QED) is 0.549. The summed E-state index contributed by atoms with van der Waals surface area (Å²) in [6.07, 6.45) is 3.07. The molecule has 1 amide bonds. The second kappa shape index (κ2) is 6.92. The Balaban J connectivity index is 1.58. The summed E-state index contributed by atoms with van der Waals surface area (Å²) in [4.78, 5) is 15.2. The van der Waals surface area contributed by atoms with Crippen LogP contribution in [0.25, 0.3) is 10.9 Å². The molecule has 2 aromatic carbocycles. The Morgan fingerprint density at radius 2 is 1.83 bits per heavy atom. The van der Waals surface area contributed by atoms with Gasteiger partial charge in [0, 0.05) is 23.5 Å². The molecular formula is C19H19N3O. The maximum absolute atomic E-state index is 12.0. The second-order valence-electron chi connectivity index (χ2n) is 5.46. The average molecular weight is 305 g/mol. The van der Waals surface area contributed by atoms with Gasteiger partial charge in [-0.05, 0) is 30.5 Å². The summed E-state index contributed by atoms with van der Waals surface area (Å²) in [6.45, 7) is 1.88. The largest absolute Gasteiger partial charge is 0.361 e. The highest BCUT2D eigenvalue weighted by molar-refractivity contribution is 5.99. The first kappa shape index (κ1) is 15.0. The van der Waals surface area contributed by atoms with Gasteiger partial charge in [-0.15, -0.1) is 0 Å². The monoisotopic (exact) mass is 305 g/mol. The van der Waals surface area contributed by atoms with Gasteiger partial charge >= 0.3 is 0 Å². The first-order chi connectivity index (χ1) is 11.2. The first-order valence-corrected chi connectivity index (χ1v) is 7.67. The van der Waals surface area contributed by atoms with Crippen LogP contribution in [0.1, 0.15) is 24.5 Å². The number of aromatic nitrogens is 1. The molecule has 116 valence electrons. The van der Waals surface area contributed by atoms with Gasteiger partial charge in [0.25, 0.3) is 0 Å². The van der Waals surface area contributed by atoms with Gasteiger partial charge in [0.05, 0.1) is 5.71 Å². The third kappa shape index (κ3) is 3.66. The van der Waals surface area contributed by atoms with Gasteiger partial charge in [-0.1, -0.05) is 48.5 Å². The summed E-state index contributed by atoms with van der Waals surface area (Å²) >= 11 is 0. The highest BCUT2D eigenvalue weighted by Crippen LogP contribution is 2.18. The molecule has 0 fully saturated rings. The minimum absolute atomic E-state index is 0.0782. The van der Waals surface area contributed by atoms with Gasteiger partial charge in [0.2, 0.25) is 5.91 Å². The molecule has 3 aromatic rings. The van der Waals surface area contributed by atoms with Crippen LogP contribution in [0.5, 0.6) is 0 Å². The van der Waals surface area contributed by atoms with E-state index in [0.717, 1.165) is 22.4 Å². The molecule has 0 aliphatic rings. The number of hydrogen-bond donors (Lipinski definition) is 2. The normalized spacial score (nSPS) is 11.6. The summed E-state index contributed by atoms with van der Waals surface area (Å²) in [6, 6.07) is 17.9. The molecule has 1 aromatic heterocycles. The molecule has 4 heteroatoms. The molecule has 1 heterocycles. The molecule has 23 heavy (non-hydrogen) atoms. The van der Waals surface area contributed by atoms with E-state index in [9.17, 15) is 4.79 Å². The molecule has 0 atom stereocenters. The minimum Gasteiger partial charge on any atom is -0.361 e. The lowest BCUT2D eigenvalue weighted by molar-refractivity contribution is -0.121. The Morgan fingerprint density at radius 3 is 2.65 bits per heavy atom. The predicted molar refractivity (Wildman–Crippen MR) is 93.4 cm³/mol. The van der Waals surface area contributed by atoms with E-state index < -0.39 is 0 Å². The van der Waals surface area contributed by atoms with Crippen LogP contribution in [0, 0.1) is 0 Å². The van der Waals surface area contributed by atoms with Crippen molar-refractivity contribution in [2.24, 2.45) is 5.10 Å². The number of rotatable bonds is 5. The number of benzene rings is 2. The second-order valence-corrected chi connectivity index (χ2v) is 5.46. The summed E-state index contributed by atoms with van der Waals surface area (Å²) < 4.78 is 0. The van der Waals surface area contributed by atoms with Gasteiger partial charge in [0.1, 0.15) is 0 Å². The number of aromatic amines is 1. The Bertz CT molecular complexity index is 834. The van der Waals surface area contributed by atoms with E-state index >= 15 is 0 Å². The van der Waals surface area contributed by atoms with Gasteiger partial charge in [0.15, 0.2) is 0 Å². The van der Waals surface area contributed by atoms with Crippen molar-refractivity contribution in [1.29, 1.82) is 0 Å². The van der Waals surface area contributed by atoms with E-state index in [1.165, 1.54) is 5.39 Å².